The molecule has 0 saturated heterocycles. The van der Waals surface area contributed by atoms with Gasteiger partial charge in [-0.05, 0) is 12.5 Å². The predicted molar refractivity (Wildman–Crippen MR) is 52.7 cm³/mol. The number of nitrogens with zero attached hydrogens (tertiary/aromatic N) is 1. The monoisotopic (exact) mass is 199 g/mol. The smallest absolute Gasteiger partial charge is 0.270 e. The number of nitrogens with two attached hydrogens (primary N) is 1. The van der Waals surface area contributed by atoms with E-state index in [2.05, 4.69) is 10.3 Å². The average molecular weight is 199 g/mol. The molecule has 1 aromatic heterocycles. The molecule has 5 heteroatoms. The van der Waals surface area contributed by atoms with E-state index < -0.39 is 0 Å². The molecule has 13 heavy (non-hydrogen) atoms. The van der Waals surface area contributed by atoms with Gasteiger partial charge < -0.3 is 11.1 Å². The van der Waals surface area contributed by atoms with Crippen molar-refractivity contribution in [2.24, 2.45) is 11.7 Å². The van der Waals surface area contributed by atoms with E-state index in [0.717, 1.165) is 0 Å². The summed E-state index contributed by atoms with van der Waals surface area (Å²) >= 11 is 1.41. The van der Waals surface area contributed by atoms with Gasteiger partial charge >= 0.3 is 0 Å². The molecular formula is C8H13N3OS. The SMILES string of the molecule is CC(CN)CNC(=O)c1cscn1. The largest absolute Gasteiger partial charge is 0.350 e. The van der Waals surface area contributed by atoms with Crippen LogP contribution in [-0.4, -0.2) is 24.0 Å². The van der Waals surface area contributed by atoms with Crippen LogP contribution in [0.1, 0.15) is 17.4 Å². The van der Waals surface area contributed by atoms with E-state index in [1.54, 1.807) is 10.9 Å². The maximum absolute atomic E-state index is 11.3. The van der Waals surface area contributed by atoms with Gasteiger partial charge in [-0.1, -0.05) is 6.92 Å². The lowest BCUT2D eigenvalue weighted by Gasteiger charge is -2.08. The Morgan fingerprint density at radius 3 is 3.15 bits per heavy atom. The van der Waals surface area contributed by atoms with Crippen LogP contribution in [0.25, 0.3) is 0 Å². The molecule has 0 radical (unpaired) electrons. The summed E-state index contributed by atoms with van der Waals surface area (Å²) in [5.74, 6) is 0.184. The van der Waals surface area contributed by atoms with Crippen LogP contribution in [0.5, 0.6) is 0 Å². The lowest BCUT2D eigenvalue weighted by atomic mass is 10.2. The number of amides is 1. The van der Waals surface area contributed by atoms with Crippen LogP contribution >= 0.6 is 11.3 Å². The summed E-state index contributed by atoms with van der Waals surface area (Å²) in [7, 11) is 0. The Labute approximate surface area is 81.2 Å². The van der Waals surface area contributed by atoms with Crippen LogP contribution in [0.2, 0.25) is 0 Å². The lowest BCUT2D eigenvalue weighted by molar-refractivity contribution is 0.0944. The fourth-order valence-corrected chi connectivity index (χ4v) is 1.30. The molecule has 1 atom stereocenters. The van der Waals surface area contributed by atoms with Crippen molar-refractivity contribution in [1.82, 2.24) is 10.3 Å². The molecule has 0 aromatic carbocycles. The number of nitrogens with one attached hydrogen (secondary N) is 1. The van der Waals surface area contributed by atoms with E-state index in [9.17, 15) is 4.79 Å². The summed E-state index contributed by atoms with van der Waals surface area (Å²) in [4.78, 5) is 15.2. The summed E-state index contributed by atoms with van der Waals surface area (Å²) in [5, 5.41) is 4.49. The van der Waals surface area contributed by atoms with Crippen LogP contribution in [0, 0.1) is 5.92 Å². The molecule has 72 valence electrons. The molecule has 0 aliphatic rings. The molecule has 1 rings (SSSR count). The molecule has 0 aliphatic carbocycles. The number of carbonyl (C=O) groups excluding carboxylic acids is 1. The fraction of sp³-hybridized carbons (Fsp3) is 0.500. The number of aromatic nitrogens is 1. The maximum atomic E-state index is 11.3. The highest BCUT2D eigenvalue weighted by molar-refractivity contribution is 7.07. The molecule has 0 saturated carbocycles. The van der Waals surface area contributed by atoms with Gasteiger partial charge in [0, 0.05) is 11.9 Å². The van der Waals surface area contributed by atoms with Gasteiger partial charge in [0.15, 0.2) is 0 Å². The van der Waals surface area contributed by atoms with Crippen LogP contribution in [0.15, 0.2) is 10.9 Å². The lowest BCUT2D eigenvalue weighted by Crippen LogP contribution is -2.31. The van der Waals surface area contributed by atoms with Crippen molar-refractivity contribution in [3.05, 3.63) is 16.6 Å². The Hall–Kier alpha value is -0.940. The summed E-state index contributed by atoms with van der Waals surface area (Å²) < 4.78 is 0. The summed E-state index contributed by atoms with van der Waals surface area (Å²) in [6.45, 7) is 3.17. The van der Waals surface area contributed by atoms with Gasteiger partial charge in [0.1, 0.15) is 5.69 Å². The Kier molecular flexibility index (Phi) is 3.85. The highest BCUT2D eigenvalue weighted by Crippen LogP contribution is 2.00. The predicted octanol–water partition coefficient (Wildman–Crippen LogP) is 0.468. The standard InChI is InChI=1S/C8H13N3OS/c1-6(2-9)3-10-8(12)7-4-13-5-11-7/h4-6H,2-3,9H2,1H3,(H,10,12). The van der Waals surface area contributed by atoms with E-state index in [1.165, 1.54) is 11.3 Å². The number of rotatable bonds is 4. The minimum absolute atomic E-state index is 0.124. The van der Waals surface area contributed by atoms with Crippen LogP contribution in [-0.2, 0) is 0 Å². The van der Waals surface area contributed by atoms with Crippen molar-refractivity contribution >= 4 is 17.2 Å². The molecular weight excluding hydrogens is 186 g/mol. The molecule has 1 unspecified atom stereocenters. The van der Waals surface area contributed by atoms with E-state index in [-0.39, 0.29) is 5.91 Å². The Morgan fingerprint density at radius 1 is 1.85 bits per heavy atom. The zero-order valence-electron chi connectivity index (χ0n) is 7.49. The Bertz CT molecular complexity index is 260. The molecule has 4 nitrogen and oxygen atoms in total. The summed E-state index contributed by atoms with van der Waals surface area (Å²) in [5.41, 5.74) is 7.53. The Morgan fingerprint density at radius 2 is 2.62 bits per heavy atom. The second-order valence-electron chi connectivity index (χ2n) is 2.92. The van der Waals surface area contributed by atoms with Crippen molar-refractivity contribution < 1.29 is 4.79 Å². The molecule has 0 fully saturated rings. The van der Waals surface area contributed by atoms with Gasteiger partial charge in [-0.3, -0.25) is 4.79 Å². The number of thiazole rings is 1. The topological polar surface area (TPSA) is 68.0 Å². The third-order valence-electron chi connectivity index (χ3n) is 1.68. The minimum Gasteiger partial charge on any atom is -0.350 e. The Balaban J connectivity index is 2.35. The van der Waals surface area contributed by atoms with Crippen LogP contribution < -0.4 is 11.1 Å². The highest BCUT2D eigenvalue weighted by atomic mass is 32.1. The van der Waals surface area contributed by atoms with Crippen molar-refractivity contribution in [2.45, 2.75) is 6.92 Å². The van der Waals surface area contributed by atoms with Gasteiger partial charge in [0.25, 0.3) is 5.91 Å². The molecule has 0 aliphatic heterocycles. The molecule has 1 aromatic rings. The second-order valence-corrected chi connectivity index (χ2v) is 3.64. The van der Waals surface area contributed by atoms with E-state index in [1.807, 2.05) is 6.92 Å². The van der Waals surface area contributed by atoms with Crippen molar-refractivity contribution in [3.63, 3.8) is 0 Å². The van der Waals surface area contributed by atoms with E-state index in [4.69, 9.17) is 5.73 Å². The van der Waals surface area contributed by atoms with Crippen molar-refractivity contribution in [2.75, 3.05) is 13.1 Å². The van der Waals surface area contributed by atoms with E-state index in [0.29, 0.717) is 24.7 Å². The third kappa shape index (κ3) is 3.12. The van der Waals surface area contributed by atoms with Gasteiger partial charge in [0.2, 0.25) is 0 Å². The number of hydrogen-bond donors (Lipinski definition) is 2. The first-order valence-corrected chi connectivity index (χ1v) is 5.04. The molecule has 1 heterocycles. The van der Waals surface area contributed by atoms with Crippen LogP contribution in [0.3, 0.4) is 0 Å². The second kappa shape index (κ2) is 4.94. The first kappa shape index (κ1) is 10.1. The minimum atomic E-state index is -0.124. The summed E-state index contributed by atoms with van der Waals surface area (Å²) in [6.07, 6.45) is 0. The average Bonchev–Trinajstić information content (AvgIpc) is 2.66. The summed E-state index contributed by atoms with van der Waals surface area (Å²) in [6, 6.07) is 0. The molecule has 1 amide bonds. The third-order valence-corrected chi connectivity index (χ3v) is 2.26. The van der Waals surface area contributed by atoms with Gasteiger partial charge in [0.05, 0.1) is 5.51 Å². The number of hydrogen-bond acceptors (Lipinski definition) is 4. The number of carbonyl (C=O) groups is 1. The van der Waals surface area contributed by atoms with Crippen molar-refractivity contribution in [3.8, 4) is 0 Å². The maximum Gasteiger partial charge on any atom is 0.270 e. The first-order chi connectivity index (χ1) is 6.24. The fourth-order valence-electron chi connectivity index (χ4n) is 0.765. The van der Waals surface area contributed by atoms with E-state index >= 15 is 0 Å². The molecule has 3 N–H and O–H groups in total. The zero-order valence-corrected chi connectivity index (χ0v) is 8.30. The first-order valence-electron chi connectivity index (χ1n) is 4.10. The normalized spacial score (nSPS) is 12.5. The zero-order chi connectivity index (χ0) is 9.68. The van der Waals surface area contributed by atoms with Crippen molar-refractivity contribution in [1.29, 1.82) is 0 Å². The van der Waals surface area contributed by atoms with Gasteiger partial charge in [-0.2, -0.15) is 0 Å². The molecule has 0 spiro atoms. The van der Waals surface area contributed by atoms with Gasteiger partial charge in [-0.15, -0.1) is 11.3 Å². The highest BCUT2D eigenvalue weighted by Gasteiger charge is 2.07. The quantitative estimate of drug-likeness (QED) is 0.740. The molecule has 0 bridgehead atoms. The van der Waals surface area contributed by atoms with Gasteiger partial charge in [-0.25, -0.2) is 4.98 Å². The van der Waals surface area contributed by atoms with Crippen LogP contribution in [0.4, 0.5) is 0 Å².